The standard InChI is InChI=1S/C11H19N3O3S/c1-7-10(8(2)17-13-7)18(15,16)14-11(3,6-12)9-4-5-9/h9,14H,4-6,12H2,1-3H3. The van der Waals surface area contributed by atoms with Gasteiger partial charge in [0.2, 0.25) is 10.0 Å². The molecule has 1 unspecified atom stereocenters. The molecule has 0 aliphatic heterocycles. The fourth-order valence-electron chi connectivity index (χ4n) is 2.23. The molecular weight excluding hydrogens is 254 g/mol. The van der Waals surface area contributed by atoms with Crippen LogP contribution >= 0.6 is 0 Å². The number of nitrogens with two attached hydrogens (primary N) is 1. The van der Waals surface area contributed by atoms with Gasteiger partial charge in [-0.15, -0.1) is 0 Å². The molecule has 0 radical (unpaired) electrons. The number of sulfonamides is 1. The number of aryl methyl sites for hydroxylation is 2. The van der Waals surface area contributed by atoms with Crippen molar-refractivity contribution < 1.29 is 12.9 Å². The van der Waals surface area contributed by atoms with E-state index in [1.807, 2.05) is 6.92 Å². The van der Waals surface area contributed by atoms with Crippen LogP contribution in [0.15, 0.2) is 9.42 Å². The molecule has 1 heterocycles. The van der Waals surface area contributed by atoms with Gasteiger partial charge in [-0.1, -0.05) is 5.16 Å². The quantitative estimate of drug-likeness (QED) is 0.822. The van der Waals surface area contributed by atoms with Gasteiger partial charge in [-0.3, -0.25) is 0 Å². The Kier molecular flexibility index (Phi) is 3.25. The minimum Gasteiger partial charge on any atom is -0.360 e. The Morgan fingerprint density at radius 1 is 1.50 bits per heavy atom. The highest BCUT2D eigenvalue weighted by Crippen LogP contribution is 2.40. The van der Waals surface area contributed by atoms with Crippen molar-refractivity contribution in [2.75, 3.05) is 6.54 Å². The molecule has 1 aliphatic rings. The maximum absolute atomic E-state index is 12.4. The summed E-state index contributed by atoms with van der Waals surface area (Å²) in [6.45, 7) is 5.33. The predicted molar refractivity (Wildman–Crippen MR) is 66.5 cm³/mol. The van der Waals surface area contributed by atoms with Crippen LogP contribution in [-0.2, 0) is 10.0 Å². The smallest absolute Gasteiger partial charge is 0.246 e. The second kappa shape index (κ2) is 4.32. The first kappa shape index (κ1) is 13.5. The summed E-state index contributed by atoms with van der Waals surface area (Å²) >= 11 is 0. The Bertz CT molecular complexity index is 528. The van der Waals surface area contributed by atoms with Crippen molar-refractivity contribution in [2.45, 2.75) is 44.0 Å². The van der Waals surface area contributed by atoms with Gasteiger partial charge in [0.15, 0.2) is 5.76 Å². The Morgan fingerprint density at radius 2 is 2.11 bits per heavy atom. The third-order valence-corrected chi connectivity index (χ3v) is 5.36. The third kappa shape index (κ3) is 2.30. The van der Waals surface area contributed by atoms with Crippen LogP contribution in [0.25, 0.3) is 0 Å². The topological polar surface area (TPSA) is 98.2 Å². The number of rotatable bonds is 5. The van der Waals surface area contributed by atoms with E-state index in [9.17, 15) is 8.42 Å². The molecule has 1 aromatic heterocycles. The Morgan fingerprint density at radius 3 is 2.50 bits per heavy atom. The van der Waals surface area contributed by atoms with Gasteiger partial charge < -0.3 is 10.3 Å². The first-order chi connectivity index (χ1) is 8.30. The van der Waals surface area contributed by atoms with Crippen LogP contribution in [0.1, 0.15) is 31.2 Å². The average Bonchev–Trinajstić information content (AvgIpc) is 3.05. The number of nitrogens with zero attached hydrogens (tertiary/aromatic N) is 1. The molecule has 0 saturated heterocycles. The Labute approximate surface area is 107 Å². The van der Waals surface area contributed by atoms with Gasteiger partial charge >= 0.3 is 0 Å². The lowest BCUT2D eigenvalue weighted by Crippen LogP contribution is -2.53. The van der Waals surface area contributed by atoms with Gasteiger partial charge in [0.1, 0.15) is 10.6 Å². The SMILES string of the molecule is Cc1noc(C)c1S(=O)(=O)NC(C)(CN)C1CC1. The fourth-order valence-corrected chi connectivity index (χ4v) is 4.04. The van der Waals surface area contributed by atoms with Crippen LogP contribution in [0.3, 0.4) is 0 Å². The van der Waals surface area contributed by atoms with E-state index in [2.05, 4.69) is 9.88 Å². The van der Waals surface area contributed by atoms with E-state index in [1.54, 1.807) is 13.8 Å². The summed E-state index contributed by atoms with van der Waals surface area (Å²) in [5.41, 5.74) is 5.50. The van der Waals surface area contributed by atoms with Gasteiger partial charge in [0, 0.05) is 12.1 Å². The van der Waals surface area contributed by atoms with Crippen molar-refractivity contribution in [3.05, 3.63) is 11.5 Å². The predicted octanol–water partition coefficient (Wildman–Crippen LogP) is 0.697. The highest BCUT2D eigenvalue weighted by Gasteiger charge is 2.44. The second-order valence-electron chi connectivity index (χ2n) is 5.15. The van der Waals surface area contributed by atoms with E-state index >= 15 is 0 Å². The van der Waals surface area contributed by atoms with Crippen LogP contribution in [0.5, 0.6) is 0 Å². The molecule has 0 aromatic carbocycles. The maximum Gasteiger partial charge on any atom is 0.246 e. The third-order valence-electron chi connectivity index (χ3n) is 3.51. The lowest BCUT2D eigenvalue weighted by molar-refractivity contribution is 0.372. The van der Waals surface area contributed by atoms with Crippen LogP contribution in [0.4, 0.5) is 0 Å². The molecule has 0 spiro atoms. The zero-order chi connectivity index (χ0) is 13.6. The van der Waals surface area contributed by atoms with E-state index in [0.717, 1.165) is 12.8 Å². The van der Waals surface area contributed by atoms with E-state index in [0.29, 0.717) is 17.4 Å². The summed E-state index contributed by atoms with van der Waals surface area (Å²) in [6, 6.07) is 0. The number of hydrogen-bond donors (Lipinski definition) is 2. The highest BCUT2D eigenvalue weighted by molar-refractivity contribution is 7.89. The van der Waals surface area contributed by atoms with Crippen molar-refractivity contribution >= 4 is 10.0 Å². The van der Waals surface area contributed by atoms with Gasteiger partial charge in [-0.25, -0.2) is 13.1 Å². The van der Waals surface area contributed by atoms with Crippen LogP contribution in [0.2, 0.25) is 0 Å². The first-order valence-electron chi connectivity index (χ1n) is 5.97. The molecule has 3 N–H and O–H groups in total. The normalized spacial score (nSPS) is 19.8. The van der Waals surface area contributed by atoms with Crippen molar-refractivity contribution in [1.82, 2.24) is 9.88 Å². The van der Waals surface area contributed by atoms with Crippen molar-refractivity contribution in [3.63, 3.8) is 0 Å². The molecule has 0 amide bonds. The molecule has 2 rings (SSSR count). The summed E-state index contributed by atoms with van der Waals surface area (Å²) < 4.78 is 32.4. The Balaban J connectivity index is 2.32. The van der Waals surface area contributed by atoms with Crippen molar-refractivity contribution in [1.29, 1.82) is 0 Å². The summed E-state index contributed by atoms with van der Waals surface area (Å²) in [6.07, 6.45) is 2.02. The molecule has 1 aromatic rings. The highest BCUT2D eigenvalue weighted by atomic mass is 32.2. The molecule has 1 aliphatic carbocycles. The average molecular weight is 273 g/mol. The molecule has 1 atom stereocenters. The Hall–Kier alpha value is -0.920. The molecule has 6 nitrogen and oxygen atoms in total. The minimum absolute atomic E-state index is 0.128. The summed E-state index contributed by atoms with van der Waals surface area (Å²) in [5.74, 6) is 0.618. The van der Waals surface area contributed by atoms with Crippen molar-refractivity contribution in [2.24, 2.45) is 11.7 Å². The molecule has 7 heteroatoms. The summed E-state index contributed by atoms with van der Waals surface area (Å²) in [5, 5.41) is 3.67. The van der Waals surface area contributed by atoms with E-state index in [1.165, 1.54) is 0 Å². The van der Waals surface area contributed by atoms with Gasteiger partial charge in [0.25, 0.3) is 0 Å². The van der Waals surface area contributed by atoms with Crippen LogP contribution in [-0.4, -0.2) is 25.7 Å². The summed E-state index contributed by atoms with van der Waals surface area (Å²) in [4.78, 5) is 0.128. The fraction of sp³-hybridized carbons (Fsp3) is 0.727. The number of hydrogen-bond acceptors (Lipinski definition) is 5. The van der Waals surface area contributed by atoms with Crippen LogP contribution in [0, 0.1) is 19.8 Å². The maximum atomic E-state index is 12.4. The largest absolute Gasteiger partial charge is 0.360 e. The summed E-state index contributed by atoms with van der Waals surface area (Å²) in [7, 11) is -3.64. The molecule has 0 bridgehead atoms. The monoisotopic (exact) mass is 273 g/mol. The molecule has 1 fully saturated rings. The van der Waals surface area contributed by atoms with Gasteiger partial charge in [-0.2, -0.15) is 0 Å². The zero-order valence-corrected chi connectivity index (χ0v) is 11.7. The van der Waals surface area contributed by atoms with E-state index in [4.69, 9.17) is 10.3 Å². The molecule has 1 saturated carbocycles. The molecular formula is C11H19N3O3S. The van der Waals surface area contributed by atoms with E-state index in [-0.39, 0.29) is 11.4 Å². The zero-order valence-electron chi connectivity index (χ0n) is 10.9. The number of aromatic nitrogens is 1. The lowest BCUT2D eigenvalue weighted by atomic mass is 9.98. The van der Waals surface area contributed by atoms with Crippen molar-refractivity contribution in [3.8, 4) is 0 Å². The lowest BCUT2D eigenvalue weighted by Gasteiger charge is -2.28. The van der Waals surface area contributed by atoms with Gasteiger partial charge in [0.05, 0.1) is 0 Å². The second-order valence-corrected chi connectivity index (χ2v) is 6.77. The number of nitrogens with one attached hydrogen (secondary N) is 1. The molecule has 18 heavy (non-hydrogen) atoms. The molecule has 102 valence electrons. The first-order valence-corrected chi connectivity index (χ1v) is 7.45. The van der Waals surface area contributed by atoms with Crippen LogP contribution < -0.4 is 10.5 Å². The van der Waals surface area contributed by atoms with Gasteiger partial charge in [-0.05, 0) is 39.5 Å². The van der Waals surface area contributed by atoms with E-state index < -0.39 is 15.6 Å². The minimum atomic E-state index is -3.64.